The van der Waals surface area contributed by atoms with E-state index in [4.69, 9.17) is 5.14 Å². The van der Waals surface area contributed by atoms with E-state index in [1.54, 1.807) is 10.7 Å². The van der Waals surface area contributed by atoms with Crippen LogP contribution < -0.4 is 10.5 Å². The Kier molecular flexibility index (Phi) is 4.28. The first-order valence-corrected chi connectivity index (χ1v) is 8.73. The molecule has 3 rings (SSSR count). The predicted molar refractivity (Wildman–Crippen MR) is 89.0 cm³/mol. The third kappa shape index (κ3) is 3.42. The Labute approximate surface area is 139 Å². The van der Waals surface area contributed by atoms with Gasteiger partial charge in [0, 0.05) is 0 Å². The van der Waals surface area contributed by atoms with Gasteiger partial charge in [-0.25, -0.2) is 13.6 Å². The van der Waals surface area contributed by atoms with Crippen LogP contribution in [0.3, 0.4) is 0 Å². The smallest absolute Gasteiger partial charge is 0.248 e. The Morgan fingerprint density at radius 2 is 1.88 bits per heavy atom. The Morgan fingerprint density at radius 3 is 2.58 bits per heavy atom. The van der Waals surface area contributed by atoms with Gasteiger partial charge in [-0.15, -0.1) is 0 Å². The van der Waals surface area contributed by atoms with Crippen LogP contribution in [-0.4, -0.2) is 28.6 Å². The summed E-state index contributed by atoms with van der Waals surface area (Å²) in [5, 5.41) is 20.0. The zero-order valence-corrected chi connectivity index (χ0v) is 13.7. The molecule has 0 fully saturated rings. The van der Waals surface area contributed by atoms with Gasteiger partial charge in [-0.3, -0.25) is 0 Å². The first-order valence-electron chi connectivity index (χ1n) is 7.18. The third-order valence-electron chi connectivity index (χ3n) is 3.50. The molecular formula is C15H16N6O2S. The molecule has 0 radical (unpaired) electrons. The van der Waals surface area contributed by atoms with Crippen LogP contribution >= 0.6 is 0 Å². The number of anilines is 1. The number of primary sulfonamides is 1. The standard InChI is InChI=1S/C15H16N6O2S/c1-11(12-6-5-9-14(10-12)24(16,22)23)17-15-18-19-20-21(15)13-7-3-2-4-8-13/h2-11H,1H3,(H2,16,22,23)(H,17,18,20). The second-order valence-electron chi connectivity index (χ2n) is 5.23. The Balaban J connectivity index is 1.87. The van der Waals surface area contributed by atoms with E-state index in [0.29, 0.717) is 5.95 Å². The summed E-state index contributed by atoms with van der Waals surface area (Å²) in [6.07, 6.45) is 0. The summed E-state index contributed by atoms with van der Waals surface area (Å²) in [4.78, 5) is 0.0660. The Morgan fingerprint density at radius 1 is 1.12 bits per heavy atom. The molecule has 1 unspecified atom stereocenters. The average molecular weight is 344 g/mol. The minimum Gasteiger partial charge on any atom is -0.346 e. The van der Waals surface area contributed by atoms with Crippen molar-refractivity contribution in [1.82, 2.24) is 20.2 Å². The lowest BCUT2D eigenvalue weighted by atomic mass is 10.1. The molecule has 1 heterocycles. The van der Waals surface area contributed by atoms with Crippen LogP contribution in [0.5, 0.6) is 0 Å². The number of aromatic nitrogens is 4. The van der Waals surface area contributed by atoms with Crippen molar-refractivity contribution in [2.24, 2.45) is 5.14 Å². The van der Waals surface area contributed by atoms with Crippen LogP contribution in [0, 0.1) is 0 Å². The van der Waals surface area contributed by atoms with Crippen molar-refractivity contribution in [3.05, 3.63) is 60.2 Å². The van der Waals surface area contributed by atoms with Crippen LogP contribution in [-0.2, 0) is 10.0 Å². The first kappa shape index (κ1) is 16.1. The molecule has 124 valence electrons. The van der Waals surface area contributed by atoms with Crippen molar-refractivity contribution in [3.8, 4) is 5.69 Å². The predicted octanol–water partition coefficient (Wildman–Crippen LogP) is 1.48. The quantitative estimate of drug-likeness (QED) is 0.724. The number of hydrogen-bond donors (Lipinski definition) is 2. The number of nitrogens with two attached hydrogens (primary N) is 1. The highest BCUT2D eigenvalue weighted by molar-refractivity contribution is 7.89. The molecular weight excluding hydrogens is 328 g/mol. The molecule has 0 bridgehead atoms. The molecule has 24 heavy (non-hydrogen) atoms. The summed E-state index contributed by atoms with van der Waals surface area (Å²) < 4.78 is 24.5. The number of nitrogens with one attached hydrogen (secondary N) is 1. The Bertz CT molecular complexity index is 939. The summed E-state index contributed by atoms with van der Waals surface area (Å²) in [6.45, 7) is 1.88. The van der Waals surface area contributed by atoms with E-state index in [-0.39, 0.29) is 10.9 Å². The topological polar surface area (TPSA) is 116 Å². The van der Waals surface area contributed by atoms with Gasteiger partial charge in [0.2, 0.25) is 16.0 Å². The lowest BCUT2D eigenvalue weighted by Gasteiger charge is -2.15. The van der Waals surface area contributed by atoms with Crippen molar-refractivity contribution < 1.29 is 8.42 Å². The van der Waals surface area contributed by atoms with E-state index >= 15 is 0 Å². The van der Waals surface area contributed by atoms with Gasteiger partial charge in [-0.05, 0) is 47.2 Å². The van der Waals surface area contributed by atoms with Crippen LogP contribution in [0.4, 0.5) is 5.95 Å². The third-order valence-corrected chi connectivity index (χ3v) is 4.41. The normalized spacial score (nSPS) is 12.8. The monoisotopic (exact) mass is 344 g/mol. The van der Waals surface area contributed by atoms with Crippen molar-refractivity contribution in [1.29, 1.82) is 0 Å². The van der Waals surface area contributed by atoms with E-state index in [1.807, 2.05) is 43.3 Å². The van der Waals surface area contributed by atoms with E-state index in [1.165, 1.54) is 12.1 Å². The zero-order chi connectivity index (χ0) is 17.2. The van der Waals surface area contributed by atoms with Crippen LogP contribution in [0.2, 0.25) is 0 Å². The van der Waals surface area contributed by atoms with Crippen molar-refractivity contribution >= 4 is 16.0 Å². The largest absolute Gasteiger partial charge is 0.346 e. The van der Waals surface area contributed by atoms with Crippen LogP contribution in [0.15, 0.2) is 59.5 Å². The van der Waals surface area contributed by atoms with Gasteiger partial charge < -0.3 is 5.32 Å². The Hall–Kier alpha value is -2.78. The summed E-state index contributed by atoms with van der Waals surface area (Å²) >= 11 is 0. The molecule has 1 atom stereocenters. The molecule has 9 heteroatoms. The molecule has 1 aromatic heterocycles. The molecule has 0 aliphatic rings. The maximum atomic E-state index is 11.5. The van der Waals surface area contributed by atoms with Gasteiger partial charge in [0.15, 0.2) is 0 Å². The van der Waals surface area contributed by atoms with Gasteiger partial charge in [-0.1, -0.05) is 35.4 Å². The SMILES string of the molecule is CC(Nc1nnnn1-c1ccccc1)c1cccc(S(N)(=O)=O)c1. The van der Waals surface area contributed by atoms with E-state index in [9.17, 15) is 8.42 Å². The molecule has 0 saturated carbocycles. The number of para-hydroxylation sites is 1. The maximum Gasteiger partial charge on any atom is 0.248 e. The van der Waals surface area contributed by atoms with Crippen molar-refractivity contribution in [3.63, 3.8) is 0 Å². The summed E-state index contributed by atoms with van der Waals surface area (Å²) in [6, 6.07) is 15.7. The van der Waals surface area contributed by atoms with Gasteiger partial charge in [0.25, 0.3) is 0 Å². The van der Waals surface area contributed by atoms with Crippen molar-refractivity contribution in [2.75, 3.05) is 5.32 Å². The fourth-order valence-corrected chi connectivity index (χ4v) is 2.83. The molecule has 0 saturated heterocycles. The second kappa shape index (κ2) is 6.38. The highest BCUT2D eigenvalue weighted by Crippen LogP contribution is 2.21. The molecule has 0 aliphatic heterocycles. The second-order valence-corrected chi connectivity index (χ2v) is 6.79. The highest BCUT2D eigenvalue weighted by atomic mass is 32.2. The number of rotatable bonds is 5. The van der Waals surface area contributed by atoms with E-state index in [2.05, 4.69) is 20.8 Å². The van der Waals surface area contributed by atoms with Gasteiger partial charge in [-0.2, -0.15) is 4.68 Å². The molecule has 0 aliphatic carbocycles. The molecule has 3 aromatic rings. The summed E-state index contributed by atoms with van der Waals surface area (Å²) in [5.41, 5.74) is 1.57. The molecule has 0 amide bonds. The fraction of sp³-hybridized carbons (Fsp3) is 0.133. The van der Waals surface area contributed by atoms with Gasteiger partial charge >= 0.3 is 0 Å². The van der Waals surface area contributed by atoms with Crippen LogP contribution in [0.25, 0.3) is 5.69 Å². The molecule has 8 nitrogen and oxygen atoms in total. The maximum absolute atomic E-state index is 11.5. The lowest BCUT2D eigenvalue weighted by Crippen LogP contribution is -2.15. The number of nitrogens with zero attached hydrogens (tertiary/aromatic N) is 4. The van der Waals surface area contributed by atoms with E-state index < -0.39 is 10.0 Å². The van der Waals surface area contributed by atoms with E-state index in [0.717, 1.165) is 11.3 Å². The highest BCUT2D eigenvalue weighted by Gasteiger charge is 2.15. The molecule has 2 aromatic carbocycles. The first-order chi connectivity index (χ1) is 11.4. The van der Waals surface area contributed by atoms with Crippen molar-refractivity contribution in [2.45, 2.75) is 17.9 Å². The number of sulfonamides is 1. The van der Waals surface area contributed by atoms with Gasteiger partial charge in [0.05, 0.1) is 16.6 Å². The average Bonchev–Trinajstić information content (AvgIpc) is 3.03. The number of tetrazole rings is 1. The summed E-state index contributed by atoms with van der Waals surface area (Å²) in [7, 11) is -3.75. The fourth-order valence-electron chi connectivity index (χ4n) is 2.26. The van der Waals surface area contributed by atoms with Crippen LogP contribution in [0.1, 0.15) is 18.5 Å². The minimum atomic E-state index is -3.75. The zero-order valence-electron chi connectivity index (χ0n) is 12.9. The lowest BCUT2D eigenvalue weighted by molar-refractivity contribution is 0.597. The number of hydrogen-bond acceptors (Lipinski definition) is 6. The number of benzene rings is 2. The summed E-state index contributed by atoms with van der Waals surface area (Å²) in [5.74, 6) is 0.453. The molecule has 0 spiro atoms. The minimum absolute atomic E-state index is 0.0660. The molecule has 3 N–H and O–H groups in total. The van der Waals surface area contributed by atoms with Gasteiger partial charge in [0.1, 0.15) is 0 Å².